The van der Waals surface area contributed by atoms with Crippen molar-refractivity contribution in [3.8, 4) is 0 Å². The van der Waals surface area contributed by atoms with Crippen LogP contribution in [0.3, 0.4) is 0 Å². The summed E-state index contributed by atoms with van der Waals surface area (Å²) in [6.07, 6.45) is 2.71. The van der Waals surface area contributed by atoms with E-state index in [1.54, 1.807) is 0 Å². The molecule has 0 heterocycles. The van der Waals surface area contributed by atoms with E-state index in [0.29, 0.717) is 13.0 Å². The maximum absolute atomic E-state index is 12.1. The number of alkyl halides is 1. The molecule has 0 aromatic heterocycles. The van der Waals surface area contributed by atoms with Crippen LogP contribution in [0.25, 0.3) is 0 Å². The molecule has 0 aromatic carbocycles. The predicted molar refractivity (Wildman–Crippen MR) is 41.9 cm³/mol. The van der Waals surface area contributed by atoms with Gasteiger partial charge in [0.05, 0.1) is 12.8 Å². The zero-order valence-electron chi connectivity index (χ0n) is 6.72. The van der Waals surface area contributed by atoms with Crippen molar-refractivity contribution in [2.75, 3.05) is 13.2 Å². The summed E-state index contributed by atoms with van der Waals surface area (Å²) in [4.78, 5) is 0. The Morgan fingerprint density at radius 3 is 2.73 bits per heavy atom. The predicted octanol–water partition coefficient (Wildman–Crippen LogP) is 0.836. The number of halogens is 1. The van der Waals surface area contributed by atoms with Gasteiger partial charge in [-0.15, -0.1) is 0 Å². The number of aliphatic hydroxyl groups is 1. The van der Waals surface area contributed by atoms with Crippen molar-refractivity contribution in [3.63, 3.8) is 0 Å². The van der Waals surface area contributed by atoms with Crippen molar-refractivity contribution < 1.29 is 9.50 Å². The van der Waals surface area contributed by atoms with E-state index in [1.165, 1.54) is 0 Å². The molecule has 0 bridgehead atoms. The molecular weight excluding hydrogens is 145 g/mol. The van der Waals surface area contributed by atoms with Gasteiger partial charge in [0.25, 0.3) is 0 Å². The molecule has 1 saturated carbocycles. The quantitative estimate of drug-likeness (QED) is 0.644. The Bertz CT molecular complexity index is 131. The van der Waals surface area contributed by atoms with Crippen molar-refractivity contribution >= 4 is 0 Å². The molecule has 0 spiro atoms. The molecular formula is C8H16FNO. The number of aliphatic hydroxyl groups excluding tert-OH is 1. The van der Waals surface area contributed by atoms with E-state index < -0.39 is 0 Å². The lowest BCUT2D eigenvalue weighted by molar-refractivity contribution is 0.0469. The number of rotatable bonds is 3. The molecule has 1 fully saturated rings. The average molecular weight is 161 g/mol. The van der Waals surface area contributed by atoms with Crippen LogP contribution in [-0.4, -0.2) is 24.4 Å². The molecule has 2 atom stereocenters. The zero-order valence-corrected chi connectivity index (χ0v) is 6.72. The molecule has 0 amide bonds. The lowest BCUT2D eigenvalue weighted by Gasteiger charge is -2.29. The molecule has 0 radical (unpaired) electrons. The van der Waals surface area contributed by atoms with Gasteiger partial charge >= 0.3 is 0 Å². The van der Waals surface area contributed by atoms with Crippen LogP contribution in [0.4, 0.5) is 4.39 Å². The highest BCUT2D eigenvalue weighted by molar-refractivity contribution is 4.92. The third kappa shape index (κ3) is 1.54. The van der Waals surface area contributed by atoms with Crippen LogP contribution in [0.1, 0.15) is 25.7 Å². The summed E-state index contributed by atoms with van der Waals surface area (Å²) >= 11 is 0. The topological polar surface area (TPSA) is 46.2 Å². The SMILES string of the molecule is NCC1(CCF)CCCC1O. The molecule has 0 aromatic rings. The maximum atomic E-state index is 12.1. The van der Waals surface area contributed by atoms with Crippen molar-refractivity contribution in [2.24, 2.45) is 11.1 Å². The summed E-state index contributed by atoms with van der Waals surface area (Å²) in [5.41, 5.74) is 5.22. The fourth-order valence-electron chi connectivity index (χ4n) is 1.94. The van der Waals surface area contributed by atoms with Gasteiger partial charge < -0.3 is 10.8 Å². The van der Waals surface area contributed by atoms with Crippen LogP contribution in [0.5, 0.6) is 0 Å². The van der Waals surface area contributed by atoms with Crippen LogP contribution in [0.15, 0.2) is 0 Å². The highest BCUT2D eigenvalue weighted by Gasteiger charge is 2.40. The molecule has 2 unspecified atom stereocenters. The second-order valence-corrected chi connectivity index (χ2v) is 3.41. The van der Waals surface area contributed by atoms with E-state index in [2.05, 4.69) is 0 Å². The van der Waals surface area contributed by atoms with E-state index in [-0.39, 0.29) is 18.2 Å². The van der Waals surface area contributed by atoms with E-state index in [4.69, 9.17) is 5.73 Å². The smallest absolute Gasteiger partial charge is 0.0901 e. The van der Waals surface area contributed by atoms with Gasteiger partial charge in [-0.05, 0) is 19.3 Å². The Hall–Kier alpha value is -0.150. The van der Waals surface area contributed by atoms with Gasteiger partial charge in [0.1, 0.15) is 0 Å². The molecule has 11 heavy (non-hydrogen) atoms. The highest BCUT2D eigenvalue weighted by Crippen LogP contribution is 2.40. The summed E-state index contributed by atoms with van der Waals surface area (Å²) in [6.45, 7) is 0.0480. The second-order valence-electron chi connectivity index (χ2n) is 3.41. The standard InChI is InChI=1S/C8H16FNO/c9-5-4-8(6-10)3-1-2-7(8)11/h7,11H,1-6,10H2. The van der Waals surface area contributed by atoms with E-state index in [0.717, 1.165) is 19.3 Å². The molecule has 0 saturated heterocycles. The lowest BCUT2D eigenvalue weighted by atomic mass is 9.81. The zero-order chi connectivity index (χ0) is 8.32. The van der Waals surface area contributed by atoms with Crippen molar-refractivity contribution in [3.05, 3.63) is 0 Å². The van der Waals surface area contributed by atoms with E-state index in [1.807, 2.05) is 0 Å². The summed E-state index contributed by atoms with van der Waals surface area (Å²) in [6, 6.07) is 0. The first kappa shape index (κ1) is 8.94. The summed E-state index contributed by atoms with van der Waals surface area (Å²) in [5, 5.41) is 9.52. The van der Waals surface area contributed by atoms with E-state index >= 15 is 0 Å². The van der Waals surface area contributed by atoms with Crippen LogP contribution in [-0.2, 0) is 0 Å². The van der Waals surface area contributed by atoms with Gasteiger partial charge in [0.2, 0.25) is 0 Å². The Balaban J connectivity index is 2.57. The second kappa shape index (κ2) is 3.50. The molecule has 1 aliphatic rings. The fraction of sp³-hybridized carbons (Fsp3) is 1.00. The minimum absolute atomic E-state index is 0.297. The van der Waals surface area contributed by atoms with Crippen LogP contribution < -0.4 is 5.73 Å². The number of hydrogen-bond acceptors (Lipinski definition) is 2. The molecule has 2 nitrogen and oxygen atoms in total. The van der Waals surface area contributed by atoms with E-state index in [9.17, 15) is 9.50 Å². The van der Waals surface area contributed by atoms with Crippen LogP contribution >= 0.6 is 0 Å². The van der Waals surface area contributed by atoms with Crippen molar-refractivity contribution in [2.45, 2.75) is 31.8 Å². The van der Waals surface area contributed by atoms with Gasteiger partial charge in [-0.1, -0.05) is 6.42 Å². The summed E-state index contributed by atoms with van der Waals surface area (Å²) in [7, 11) is 0. The third-order valence-electron chi connectivity index (χ3n) is 2.86. The highest BCUT2D eigenvalue weighted by atomic mass is 19.1. The van der Waals surface area contributed by atoms with Crippen molar-refractivity contribution in [1.29, 1.82) is 0 Å². The van der Waals surface area contributed by atoms with Gasteiger partial charge in [-0.3, -0.25) is 4.39 Å². The number of nitrogens with two attached hydrogens (primary N) is 1. The first-order chi connectivity index (χ1) is 5.25. The summed E-state index contributed by atoms with van der Waals surface area (Å²) < 4.78 is 12.1. The molecule has 66 valence electrons. The Morgan fingerprint density at radius 1 is 1.64 bits per heavy atom. The molecule has 1 aliphatic carbocycles. The van der Waals surface area contributed by atoms with Gasteiger partial charge in [0.15, 0.2) is 0 Å². The first-order valence-corrected chi connectivity index (χ1v) is 4.19. The molecule has 3 heteroatoms. The normalized spacial score (nSPS) is 37.9. The van der Waals surface area contributed by atoms with Crippen molar-refractivity contribution in [1.82, 2.24) is 0 Å². The Kier molecular flexibility index (Phi) is 2.84. The van der Waals surface area contributed by atoms with Gasteiger partial charge in [-0.2, -0.15) is 0 Å². The van der Waals surface area contributed by atoms with Gasteiger partial charge in [-0.25, -0.2) is 0 Å². The maximum Gasteiger partial charge on any atom is 0.0901 e. The molecule has 0 aliphatic heterocycles. The van der Waals surface area contributed by atoms with Crippen LogP contribution in [0, 0.1) is 5.41 Å². The monoisotopic (exact) mass is 161 g/mol. The summed E-state index contributed by atoms with van der Waals surface area (Å²) in [5.74, 6) is 0. The average Bonchev–Trinajstić information content (AvgIpc) is 2.35. The van der Waals surface area contributed by atoms with Crippen LogP contribution in [0.2, 0.25) is 0 Å². The molecule has 3 N–H and O–H groups in total. The number of hydrogen-bond donors (Lipinski definition) is 2. The molecule has 1 rings (SSSR count). The fourth-order valence-corrected chi connectivity index (χ4v) is 1.94. The first-order valence-electron chi connectivity index (χ1n) is 4.19. The third-order valence-corrected chi connectivity index (χ3v) is 2.86. The Labute approximate surface area is 66.6 Å². The van der Waals surface area contributed by atoms with Gasteiger partial charge in [0, 0.05) is 12.0 Å². The largest absolute Gasteiger partial charge is 0.392 e. The minimum Gasteiger partial charge on any atom is -0.392 e. The Morgan fingerprint density at radius 2 is 2.36 bits per heavy atom. The lowest BCUT2D eigenvalue weighted by Crippen LogP contribution is -2.38. The minimum atomic E-state index is -0.372.